The minimum atomic E-state index is -0.168. The molecule has 0 bridgehead atoms. The molecule has 0 fully saturated rings. The van der Waals surface area contributed by atoms with Crippen molar-refractivity contribution in [3.05, 3.63) is 40.3 Å². The third kappa shape index (κ3) is 3.66. The molecule has 0 aliphatic heterocycles. The summed E-state index contributed by atoms with van der Waals surface area (Å²) in [5.74, 6) is -0.0106. The third-order valence-corrected chi connectivity index (χ3v) is 7.65. The lowest BCUT2D eigenvalue weighted by molar-refractivity contribution is -0.113. The zero-order valence-electron chi connectivity index (χ0n) is 17.0. The Morgan fingerprint density at radius 3 is 2.97 bits per heavy atom. The molecule has 1 aromatic carbocycles. The highest BCUT2D eigenvalue weighted by atomic mass is 32.2. The molecule has 1 aliphatic rings. The van der Waals surface area contributed by atoms with Gasteiger partial charge in [0.1, 0.15) is 16.6 Å². The highest BCUT2D eigenvalue weighted by molar-refractivity contribution is 7.99. The Morgan fingerprint density at radius 2 is 2.10 bits per heavy atom. The SMILES string of the molecule is Cn1c2ccccc2c2nnc(SCC(=O)Nc3sc4c(c3C#N)CCCCC4)nc21. The van der Waals surface area contributed by atoms with Gasteiger partial charge in [0.2, 0.25) is 11.1 Å². The number of para-hydroxylation sites is 1. The second-order valence-corrected chi connectivity index (χ2v) is 9.61. The first-order valence-corrected chi connectivity index (χ1v) is 12.0. The Morgan fingerprint density at radius 1 is 1.26 bits per heavy atom. The van der Waals surface area contributed by atoms with Crippen LogP contribution in [-0.2, 0) is 24.7 Å². The lowest BCUT2D eigenvalue weighted by atomic mass is 10.1. The molecular formula is C22H20N6OS2. The number of aryl methyl sites for hydroxylation is 2. The predicted octanol–water partition coefficient (Wildman–Crippen LogP) is 4.45. The maximum Gasteiger partial charge on any atom is 0.235 e. The zero-order valence-corrected chi connectivity index (χ0v) is 18.6. The number of amides is 1. The van der Waals surface area contributed by atoms with Crippen LogP contribution in [-0.4, -0.2) is 31.4 Å². The molecule has 0 spiro atoms. The number of carbonyl (C=O) groups is 1. The van der Waals surface area contributed by atoms with E-state index >= 15 is 0 Å². The summed E-state index contributed by atoms with van der Waals surface area (Å²) in [6.07, 6.45) is 5.35. The van der Waals surface area contributed by atoms with Crippen LogP contribution >= 0.6 is 23.1 Å². The molecule has 0 unspecified atom stereocenters. The molecule has 0 radical (unpaired) electrons. The Bertz CT molecular complexity index is 1350. The van der Waals surface area contributed by atoms with E-state index in [0.717, 1.165) is 53.3 Å². The number of thioether (sulfide) groups is 1. The van der Waals surface area contributed by atoms with Crippen molar-refractivity contribution in [2.75, 3.05) is 11.1 Å². The number of aromatic nitrogens is 4. The number of nitriles is 1. The Labute approximate surface area is 187 Å². The van der Waals surface area contributed by atoms with Gasteiger partial charge in [0.05, 0.1) is 16.8 Å². The zero-order chi connectivity index (χ0) is 21.4. The van der Waals surface area contributed by atoms with Gasteiger partial charge in [-0.2, -0.15) is 5.26 Å². The summed E-state index contributed by atoms with van der Waals surface area (Å²) in [7, 11) is 1.95. The fourth-order valence-corrected chi connectivity index (χ4v) is 5.93. The van der Waals surface area contributed by atoms with Gasteiger partial charge in [-0.05, 0) is 37.3 Å². The first kappa shape index (κ1) is 20.0. The van der Waals surface area contributed by atoms with Gasteiger partial charge in [-0.3, -0.25) is 4.79 Å². The van der Waals surface area contributed by atoms with E-state index in [-0.39, 0.29) is 11.7 Å². The van der Waals surface area contributed by atoms with Crippen LogP contribution in [0.25, 0.3) is 22.1 Å². The van der Waals surface area contributed by atoms with Gasteiger partial charge in [0.25, 0.3) is 0 Å². The smallest absolute Gasteiger partial charge is 0.235 e. The van der Waals surface area contributed by atoms with E-state index in [9.17, 15) is 10.1 Å². The number of anilines is 1. The van der Waals surface area contributed by atoms with Crippen molar-refractivity contribution < 1.29 is 4.79 Å². The molecule has 4 aromatic rings. The molecule has 0 saturated heterocycles. The van der Waals surface area contributed by atoms with E-state index in [1.807, 2.05) is 35.9 Å². The number of rotatable bonds is 4. The van der Waals surface area contributed by atoms with Crippen LogP contribution in [0.4, 0.5) is 5.00 Å². The first-order chi connectivity index (χ1) is 15.2. The highest BCUT2D eigenvalue weighted by Crippen LogP contribution is 2.37. The predicted molar refractivity (Wildman–Crippen MR) is 123 cm³/mol. The van der Waals surface area contributed by atoms with Crippen molar-refractivity contribution in [3.8, 4) is 6.07 Å². The number of hydrogen-bond acceptors (Lipinski definition) is 7. The number of fused-ring (bicyclic) bond motifs is 4. The summed E-state index contributed by atoms with van der Waals surface area (Å²) in [6, 6.07) is 10.3. The number of thiophene rings is 1. The first-order valence-electron chi connectivity index (χ1n) is 10.2. The molecule has 3 heterocycles. The van der Waals surface area contributed by atoms with Crippen molar-refractivity contribution in [2.45, 2.75) is 37.3 Å². The van der Waals surface area contributed by atoms with Crippen LogP contribution in [0, 0.1) is 11.3 Å². The molecule has 0 saturated carbocycles. The van der Waals surface area contributed by atoms with Crippen molar-refractivity contribution >= 4 is 56.1 Å². The van der Waals surface area contributed by atoms with Crippen molar-refractivity contribution in [1.82, 2.24) is 19.7 Å². The molecule has 9 heteroatoms. The molecule has 3 aromatic heterocycles. The second-order valence-electron chi connectivity index (χ2n) is 7.56. The Hall–Kier alpha value is -2.96. The molecule has 5 rings (SSSR count). The van der Waals surface area contributed by atoms with Crippen LogP contribution in [0.2, 0.25) is 0 Å². The number of benzene rings is 1. The molecule has 1 amide bonds. The largest absolute Gasteiger partial charge is 0.327 e. The molecule has 1 N–H and O–H groups in total. The summed E-state index contributed by atoms with van der Waals surface area (Å²) >= 11 is 2.79. The van der Waals surface area contributed by atoms with Crippen LogP contribution in [0.5, 0.6) is 0 Å². The molecular weight excluding hydrogens is 428 g/mol. The maximum absolute atomic E-state index is 12.6. The lowest BCUT2D eigenvalue weighted by Crippen LogP contribution is -2.14. The molecule has 31 heavy (non-hydrogen) atoms. The number of carbonyl (C=O) groups excluding carboxylic acids is 1. The average molecular weight is 449 g/mol. The standard InChI is InChI=1S/C22H20N6OS2/c1-28-16-9-6-5-8-14(16)19-20(28)25-22(27-26-19)30-12-18(29)24-21-15(11-23)13-7-3-2-4-10-17(13)31-21/h5-6,8-9H,2-4,7,10,12H2,1H3,(H,24,29). The van der Waals surface area contributed by atoms with Crippen molar-refractivity contribution in [1.29, 1.82) is 5.26 Å². The minimum absolute atomic E-state index is 0.157. The van der Waals surface area contributed by atoms with Gasteiger partial charge >= 0.3 is 0 Å². The monoisotopic (exact) mass is 448 g/mol. The summed E-state index contributed by atoms with van der Waals surface area (Å²) in [6.45, 7) is 0. The number of nitrogens with zero attached hydrogens (tertiary/aromatic N) is 5. The van der Waals surface area contributed by atoms with Crippen LogP contribution in [0.15, 0.2) is 29.4 Å². The van der Waals surface area contributed by atoms with E-state index in [0.29, 0.717) is 15.7 Å². The second kappa shape index (κ2) is 8.29. The van der Waals surface area contributed by atoms with Crippen molar-refractivity contribution in [3.63, 3.8) is 0 Å². The van der Waals surface area contributed by atoms with Gasteiger partial charge in [-0.25, -0.2) is 4.98 Å². The summed E-state index contributed by atoms with van der Waals surface area (Å²) in [4.78, 5) is 18.4. The van der Waals surface area contributed by atoms with Gasteiger partial charge in [-0.15, -0.1) is 21.5 Å². The fraction of sp³-hybridized carbons (Fsp3) is 0.318. The third-order valence-electron chi connectivity index (χ3n) is 5.61. The molecule has 1 aliphatic carbocycles. The summed E-state index contributed by atoms with van der Waals surface area (Å²) in [5.41, 5.74) is 4.30. The molecule has 0 atom stereocenters. The van der Waals surface area contributed by atoms with Gasteiger partial charge in [0, 0.05) is 17.3 Å². The van der Waals surface area contributed by atoms with Gasteiger partial charge in [0.15, 0.2) is 5.65 Å². The Balaban J connectivity index is 1.32. The fourth-order valence-electron chi connectivity index (χ4n) is 4.09. The van der Waals surface area contributed by atoms with E-state index in [1.165, 1.54) is 23.1 Å². The van der Waals surface area contributed by atoms with E-state index < -0.39 is 0 Å². The van der Waals surface area contributed by atoms with Crippen LogP contribution in [0.3, 0.4) is 0 Å². The van der Waals surface area contributed by atoms with Crippen molar-refractivity contribution in [2.24, 2.45) is 7.05 Å². The minimum Gasteiger partial charge on any atom is -0.327 e. The summed E-state index contributed by atoms with van der Waals surface area (Å²) in [5, 5.41) is 23.3. The van der Waals surface area contributed by atoms with E-state index in [1.54, 1.807) is 11.3 Å². The van der Waals surface area contributed by atoms with Crippen LogP contribution in [0.1, 0.15) is 35.3 Å². The quantitative estimate of drug-likeness (QED) is 0.366. The maximum atomic E-state index is 12.6. The normalized spacial score (nSPS) is 13.7. The topological polar surface area (TPSA) is 96.5 Å². The van der Waals surface area contributed by atoms with E-state index in [4.69, 9.17) is 0 Å². The molecule has 156 valence electrons. The van der Waals surface area contributed by atoms with Gasteiger partial charge < -0.3 is 9.88 Å². The lowest BCUT2D eigenvalue weighted by Gasteiger charge is -2.04. The number of nitrogens with one attached hydrogen (secondary N) is 1. The average Bonchev–Trinajstić information content (AvgIpc) is 3.15. The summed E-state index contributed by atoms with van der Waals surface area (Å²) < 4.78 is 1.99. The molecule has 7 nitrogen and oxygen atoms in total. The highest BCUT2D eigenvalue weighted by Gasteiger charge is 2.21. The van der Waals surface area contributed by atoms with E-state index in [2.05, 4.69) is 26.6 Å². The number of hydrogen-bond donors (Lipinski definition) is 1. The Kier molecular flexibility index (Phi) is 5.34. The van der Waals surface area contributed by atoms with Crippen LogP contribution < -0.4 is 5.32 Å². The van der Waals surface area contributed by atoms with Gasteiger partial charge in [-0.1, -0.05) is 36.4 Å².